The van der Waals surface area contributed by atoms with Crippen LogP contribution in [0.5, 0.6) is 0 Å². The molecule has 2 aromatic rings. The zero-order chi connectivity index (χ0) is 18.1. The maximum absolute atomic E-state index is 12.4. The summed E-state index contributed by atoms with van der Waals surface area (Å²) in [5, 5.41) is 11.2. The van der Waals surface area contributed by atoms with E-state index in [0.29, 0.717) is 19.9 Å². The predicted octanol–water partition coefficient (Wildman–Crippen LogP) is 3.97. The molecule has 2 rings (SSSR count). The van der Waals surface area contributed by atoms with Gasteiger partial charge in [0, 0.05) is 0 Å². The molecule has 5 nitrogen and oxygen atoms in total. The molecule has 0 aromatic carbocycles. The van der Waals surface area contributed by atoms with Crippen molar-refractivity contribution in [2.75, 3.05) is 0 Å². The van der Waals surface area contributed by atoms with Crippen LogP contribution in [0.25, 0.3) is 9.88 Å². The summed E-state index contributed by atoms with van der Waals surface area (Å²) in [5.41, 5.74) is 0.299. The highest BCUT2D eigenvalue weighted by atomic mass is 35.5. The second kappa shape index (κ2) is 7.08. The van der Waals surface area contributed by atoms with Gasteiger partial charge in [0.15, 0.2) is 0 Å². The molecule has 0 saturated heterocycles. The van der Waals surface area contributed by atoms with Crippen LogP contribution < -0.4 is 5.32 Å². The minimum atomic E-state index is -4.71. The summed E-state index contributed by atoms with van der Waals surface area (Å²) >= 11 is 8.03. The van der Waals surface area contributed by atoms with Gasteiger partial charge in [0.05, 0.1) is 21.3 Å². The number of aliphatic carboxylic acids is 1. The summed E-state index contributed by atoms with van der Waals surface area (Å²) in [6.45, 7) is 1.52. The average molecular weight is 399 g/mol. The van der Waals surface area contributed by atoms with Crippen molar-refractivity contribution < 1.29 is 27.9 Å². The third-order valence-electron chi connectivity index (χ3n) is 2.83. The maximum Gasteiger partial charge on any atom is 0.391 e. The van der Waals surface area contributed by atoms with Gasteiger partial charge in [0.1, 0.15) is 15.9 Å². The quantitative estimate of drug-likeness (QED) is 0.798. The van der Waals surface area contributed by atoms with E-state index < -0.39 is 30.5 Å². The highest BCUT2D eigenvalue weighted by Crippen LogP contribution is 2.35. The van der Waals surface area contributed by atoms with Crippen molar-refractivity contribution in [1.82, 2.24) is 10.3 Å². The molecule has 1 unspecified atom stereocenters. The summed E-state index contributed by atoms with van der Waals surface area (Å²) in [4.78, 5) is 28.0. The van der Waals surface area contributed by atoms with E-state index in [1.165, 1.54) is 18.3 Å². The summed E-state index contributed by atoms with van der Waals surface area (Å²) in [5.74, 6) is -2.66. The lowest BCUT2D eigenvalue weighted by Crippen LogP contribution is -2.43. The highest BCUT2D eigenvalue weighted by Gasteiger charge is 2.36. The summed E-state index contributed by atoms with van der Waals surface area (Å²) in [6.07, 6.45) is -6.36. The number of nitrogens with zero attached hydrogens (tertiary/aromatic N) is 1. The van der Waals surface area contributed by atoms with E-state index >= 15 is 0 Å². The standard InChI is InChI=1S/C13H10ClF3N2O3S2/c1-5-9(24-11(18-5)7-2-3-8(14)23-7)10(20)19-6(12(21)22)4-13(15,16)17/h2-3,6H,4H2,1H3,(H,19,20)(H,21,22). The van der Waals surface area contributed by atoms with E-state index in [0.717, 1.165) is 11.3 Å². The van der Waals surface area contributed by atoms with Gasteiger partial charge in [-0.1, -0.05) is 11.6 Å². The largest absolute Gasteiger partial charge is 0.480 e. The number of hydrogen-bond donors (Lipinski definition) is 2. The molecule has 11 heteroatoms. The smallest absolute Gasteiger partial charge is 0.391 e. The van der Waals surface area contributed by atoms with E-state index in [-0.39, 0.29) is 4.88 Å². The van der Waals surface area contributed by atoms with Gasteiger partial charge < -0.3 is 10.4 Å². The van der Waals surface area contributed by atoms with Crippen LogP contribution in [0, 0.1) is 6.92 Å². The Hall–Kier alpha value is -1.65. The number of thiazole rings is 1. The van der Waals surface area contributed by atoms with Gasteiger partial charge in [-0.15, -0.1) is 22.7 Å². The lowest BCUT2D eigenvalue weighted by molar-refractivity contribution is -0.157. The first-order valence-electron chi connectivity index (χ1n) is 6.40. The van der Waals surface area contributed by atoms with E-state index in [2.05, 4.69) is 4.98 Å². The highest BCUT2D eigenvalue weighted by molar-refractivity contribution is 7.24. The van der Waals surface area contributed by atoms with Crippen LogP contribution in [-0.4, -0.2) is 34.2 Å². The number of alkyl halides is 3. The maximum atomic E-state index is 12.4. The van der Waals surface area contributed by atoms with Crippen molar-refractivity contribution in [1.29, 1.82) is 0 Å². The molecule has 2 aromatic heterocycles. The van der Waals surface area contributed by atoms with Crippen molar-refractivity contribution in [3.63, 3.8) is 0 Å². The number of hydrogen-bond acceptors (Lipinski definition) is 5. The Morgan fingerprint density at radius 3 is 2.54 bits per heavy atom. The van der Waals surface area contributed by atoms with E-state index in [9.17, 15) is 22.8 Å². The molecule has 0 spiro atoms. The van der Waals surface area contributed by atoms with Gasteiger partial charge >= 0.3 is 12.1 Å². The number of amides is 1. The lowest BCUT2D eigenvalue weighted by atomic mass is 10.2. The van der Waals surface area contributed by atoms with Crippen LogP contribution >= 0.6 is 34.3 Å². The SMILES string of the molecule is Cc1nc(-c2ccc(Cl)s2)sc1C(=O)NC(CC(F)(F)F)C(=O)O. The first kappa shape index (κ1) is 18.7. The zero-order valence-electron chi connectivity index (χ0n) is 12.0. The molecule has 24 heavy (non-hydrogen) atoms. The fourth-order valence-corrected chi connectivity index (χ4v) is 3.86. The third kappa shape index (κ3) is 4.68. The Labute approximate surface area is 147 Å². The number of thiophene rings is 1. The first-order chi connectivity index (χ1) is 11.1. The first-order valence-corrected chi connectivity index (χ1v) is 8.41. The summed E-state index contributed by atoms with van der Waals surface area (Å²) in [7, 11) is 0. The molecule has 0 saturated carbocycles. The minimum absolute atomic E-state index is 0.0583. The molecule has 1 amide bonds. The van der Waals surface area contributed by atoms with Gasteiger partial charge in [-0.05, 0) is 19.1 Å². The number of aryl methyl sites for hydroxylation is 1. The van der Waals surface area contributed by atoms with Crippen LogP contribution in [0.4, 0.5) is 13.2 Å². The summed E-state index contributed by atoms with van der Waals surface area (Å²) in [6, 6.07) is 1.30. The predicted molar refractivity (Wildman–Crippen MR) is 84.7 cm³/mol. The molecule has 0 aliphatic carbocycles. The van der Waals surface area contributed by atoms with Gasteiger partial charge in [-0.3, -0.25) is 4.79 Å². The lowest BCUT2D eigenvalue weighted by Gasteiger charge is -2.15. The molecule has 1 atom stereocenters. The van der Waals surface area contributed by atoms with E-state index in [1.54, 1.807) is 12.1 Å². The van der Waals surface area contributed by atoms with Gasteiger partial charge in [-0.2, -0.15) is 13.2 Å². The number of carbonyl (C=O) groups is 2. The number of carbonyl (C=O) groups excluding carboxylic acids is 1. The molecular weight excluding hydrogens is 389 g/mol. The number of nitrogens with one attached hydrogen (secondary N) is 1. The Morgan fingerprint density at radius 1 is 1.38 bits per heavy atom. The number of carboxylic acids is 1. The van der Waals surface area contributed by atoms with Gasteiger partial charge in [0.2, 0.25) is 0 Å². The number of halogens is 4. The molecule has 0 radical (unpaired) electrons. The number of aromatic nitrogens is 1. The van der Waals surface area contributed by atoms with Gasteiger partial charge in [-0.25, -0.2) is 9.78 Å². The second-order valence-corrected chi connectivity index (χ2v) is 7.44. The van der Waals surface area contributed by atoms with E-state index in [4.69, 9.17) is 16.7 Å². The molecule has 2 N–H and O–H groups in total. The summed E-state index contributed by atoms with van der Waals surface area (Å²) < 4.78 is 37.7. The fraction of sp³-hybridized carbons (Fsp3) is 0.308. The molecular formula is C13H10ClF3N2O3S2. The minimum Gasteiger partial charge on any atom is -0.480 e. The Balaban J connectivity index is 2.20. The van der Waals surface area contributed by atoms with Crippen LogP contribution in [0.1, 0.15) is 21.8 Å². The molecule has 2 heterocycles. The van der Waals surface area contributed by atoms with E-state index in [1.807, 2.05) is 5.32 Å². The fourth-order valence-electron chi connectivity index (χ4n) is 1.80. The monoisotopic (exact) mass is 398 g/mol. The zero-order valence-corrected chi connectivity index (χ0v) is 14.4. The van der Waals surface area contributed by atoms with Crippen molar-refractivity contribution in [2.24, 2.45) is 0 Å². The molecule has 0 aliphatic heterocycles. The normalized spacial score (nSPS) is 12.9. The topological polar surface area (TPSA) is 79.3 Å². The van der Waals surface area contributed by atoms with Gasteiger partial charge in [0.25, 0.3) is 5.91 Å². The van der Waals surface area contributed by atoms with Crippen molar-refractivity contribution in [3.05, 3.63) is 27.0 Å². The Bertz CT molecular complexity index is 773. The Kier molecular flexibility index (Phi) is 5.51. The average Bonchev–Trinajstić information content (AvgIpc) is 3.02. The van der Waals surface area contributed by atoms with Crippen LogP contribution in [0.15, 0.2) is 12.1 Å². The van der Waals surface area contributed by atoms with Crippen molar-refractivity contribution in [3.8, 4) is 9.88 Å². The second-order valence-electron chi connectivity index (χ2n) is 4.72. The Morgan fingerprint density at radius 2 is 2.04 bits per heavy atom. The van der Waals surface area contributed by atoms with Crippen LogP contribution in [0.3, 0.4) is 0 Å². The van der Waals surface area contributed by atoms with Crippen LogP contribution in [0.2, 0.25) is 4.34 Å². The third-order valence-corrected chi connectivity index (χ3v) is 5.38. The van der Waals surface area contributed by atoms with Crippen molar-refractivity contribution >= 4 is 46.2 Å². The van der Waals surface area contributed by atoms with Crippen LogP contribution in [-0.2, 0) is 4.79 Å². The number of carboxylic acid groups (broad SMARTS) is 1. The number of rotatable bonds is 5. The molecule has 130 valence electrons. The van der Waals surface area contributed by atoms with Crippen molar-refractivity contribution in [2.45, 2.75) is 25.6 Å². The molecule has 0 fully saturated rings. The molecule has 0 bridgehead atoms. The molecule has 0 aliphatic rings.